The number of halogens is 3. The summed E-state index contributed by atoms with van der Waals surface area (Å²) in [5.41, 5.74) is 1.61. The molecule has 0 atom stereocenters. The summed E-state index contributed by atoms with van der Waals surface area (Å²) in [6, 6.07) is 3.49. The standard InChI is InChI=1S/C9H7Br2ClO/c1-5-2-6(8(13)4-10)3-7(12)9(5)11/h2-3H,4H2,1H3. The summed E-state index contributed by atoms with van der Waals surface area (Å²) < 4.78 is 0.847. The molecule has 0 bridgehead atoms. The minimum Gasteiger partial charge on any atom is -0.293 e. The highest BCUT2D eigenvalue weighted by molar-refractivity contribution is 9.10. The Hall–Kier alpha value is 0.140. The fourth-order valence-electron chi connectivity index (χ4n) is 0.965. The fourth-order valence-corrected chi connectivity index (χ4v) is 1.78. The number of benzene rings is 1. The van der Waals surface area contributed by atoms with Crippen molar-refractivity contribution in [2.75, 3.05) is 5.33 Å². The second-order valence-electron chi connectivity index (χ2n) is 2.65. The van der Waals surface area contributed by atoms with Crippen LogP contribution in [0.1, 0.15) is 15.9 Å². The summed E-state index contributed by atoms with van der Waals surface area (Å²) in [5.74, 6) is 0.0394. The van der Waals surface area contributed by atoms with E-state index in [0.717, 1.165) is 10.0 Å². The van der Waals surface area contributed by atoms with Crippen LogP contribution in [0.4, 0.5) is 0 Å². The molecule has 0 heterocycles. The zero-order valence-electron chi connectivity index (χ0n) is 6.90. The van der Waals surface area contributed by atoms with Crippen LogP contribution in [-0.2, 0) is 0 Å². The van der Waals surface area contributed by atoms with Gasteiger partial charge in [0.1, 0.15) is 0 Å². The molecule has 0 spiro atoms. The molecule has 1 rings (SSSR count). The lowest BCUT2D eigenvalue weighted by Gasteiger charge is -2.04. The van der Waals surface area contributed by atoms with Gasteiger partial charge < -0.3 is 0 Å². The summed E-state index contributed by atoms with van der Waals surface area (Å²) in [6.07, 6.45) is 0. The topological polar surface area (TPSA) is 17.1 Å². The Morgan fingerprint density at radius 3 is 2.62 bits per heavy atom. The first kappa shape index (κ1) is 11.2. The van der Waals surface area contributed by atoms with E-state index in [-0.39, 0.29) is 5.78 Å². The van der Waals surface area contributed by atoms with E-state index in [1.54, 1.807) is 6.07 Å². The minimum atomic E-state index is 0.0394. The summed E-state index contributed by atoms with van der Waals surface area (Å²) >= 11 is 12.3. The maximum Gasteiger partial charge on any atom is 0.173 e. The van der Waals surface area contributed by atoms with Crippen LogP contribution in [0.3, 0.4) is 0 Å². The van der Waals surface area contributed by atoms with Crippen LogP contribution in [0.5, 0.6) is 0 Å². The second kappa shape index (κ2) is 4.58. The maximum absolute atomic E-state index is 11.3. The number of Topliss-reactive ketones (excluding diaryl/α,β-unsaturated/α-hetero) is 1. The smallest absolute Gasteiger partial charge is 0.173 e. The van der Waals surface area contributed by atoms with Gasteiger partial charge in [-0.3, -0.25) is 4.79 Å². The molecule has 0 fully saturated rings. The summed E-state index contributed by atoms with van der Waals surface area (Å²) in [7, 11) is 0. The number of ketones is 1. The number of hydrogen-bond donors (Lipinski definition) is 0. The number of rotatable bonds is 2. The van der Waals surface area contributed by atoms with Crippen LogP contribution in [0.2, 0.25) is 5.02 Å². The summed E-state index contributed by atoms with van der Waals surface area (Å²) in [4.78, 5) is 11.3. The third-order valence-electron chi connectivity index (χ3n) is 1.65. The van der Waals surface area contributed by atoms with Gasteiger partial charge in [0, 0.05) is 10.0 Å². The monoisotopic (exact) mass is 324 g/mol. The summed E-state index contributed by atoms with van der Waals surface area (Å²) in [5, 5.41) is 0.897. The van der Waals surface area contributed by atoms with Crippen LogP contribution < -0.4 is 0 Å². The van der Waals surface area contributed by atoms with Crippen molar-refractivity contribution >= 4 is 49.2 Å². The molecule has 0 radical (unpaired) electrons. The zero-order chi connectivity index (χ0) is 10.0. The lowest BCUT2D eigenvalue weighted by atomic mass is 10.1. The van der Waals surface area contributed by atoms with E-state index in [1.165, 1.54) is 0 Å². The van der Waals surface area contributed by atoms with Crippen LogP contribution in [0.15, 0.2) is 16.6 Å². The van der Waals surface area contributed by atoms with Crippen molar-refractivity contribution in [1.82, 2.24) is 0 Å². The Morgan fingerprint density at radius 1 is 1.54 bits per heavy atom. The van der Waals surface area contributed by atoms with Crippen LogP contribution in [0.25, 0.3) is 0 Å². The van der Waals surface area contributed by atoms with Gasteiger partial charge in [-0.25, -0.2) is 0 Å². The average Bonchev–Trinajstić information content (AvgIpc) is 2.12. The van der Waals surface area contributed by atoms with E-state index in [1.807, 2.05) is 13.0 Å². The van der Waals surface area contributed by atoms with Crippen LogP contribution in [-0.4, -0.2) is 11.1 Å². The largest absolute Gasteiger partial charge is 0.293 e. The number of carbonyl (C=O) groups is 1. The minimum absolute atomic E-state index is 0.0394. The van der Waals surface area contributed by atoms with Gasteiger partial charge in [0.25, 0.3) is 0 Å². The van der Waals surface area contributed by atoms with Crippen molar-refractivity contribution < 1.29 is 4.79 Å². The lowest BCUT2D eigenvalue weighted by Crippen LogP contribution is -2.00. The van der Waals surface area contributed by atoms with Gasteiger partial charge in [0.2, 0.25) is 0 Å². The Bertz CT molecular complexity index is 326. The summed E-state index contributed by atoms with van der Waals surface area (Å²) in [6.45, 7) is 1.90. The molecule has 4 heteroatoms. The number of alkyl halides is 1. The zero-order valence-corrected chi connectivity index (χ0v) is 10.8. The molecule has 0 aromatic heterocycles. The molecular formula is C9H7Br2ClO. The molecule has 1 aromatic rings. The first-order valence-electron chi connectivity index (χ1n) is 3.61. The van der Waals surface area contributed by atoms with Crippen molar-refractivity contribution in [3.05, 3.63) is 32.8 Å². The highest BCUT2D eigenvalue weighted by Crippen LogP contribution is 2.27. The molecule has 0 aliphatic carbocycles. The van der Waals surface area contributed by atoms with Crippen molar-refractivity contribution in [3.8, 4) is 0 Å². The molecule has 0 amide bonds. The van der Waals surface area contributed by atoms with E-state index in [2.05, 4.69) is 31.9 Å². The number of hydrogen-bond acceptors (Lipinski definition) is 1. The first-order chi connectivity index (χ1) is 6.06. The Labute approximate surface area is 98.7 Å². The van der Waals surface area contributed by atoms with Crippen molar-refractivity contribution in [1.29, 1.82) is 0 Å². The predicted molar refractivity (Wildman–Crippen MR) is 62.0 cm³/mol. The first-order valence-corrected chi connectivity index (χ1v) is 5.90. The maximum atomic E-state index is 11.3. The molecule has 0 saturated carbocycles. The van der Waals surface area contributed by atoms with Gasteiger partial charge in [0.05, 0.1) is 10.4 Å². The van der Waals surface area contributed by atoms with E-state index in [0.29, 0.717) is 15.9 Å². The highest BCUT2D eigenvalue weighted by atomic mass is 79.9. The highest BCUT2D eigenvalue weighted by Gasteiger charge is 2.08. The fraction of sp³-hybridized carbons (Fsp3) is 0.222. The second-order valence-corrected chi connectivity index (χ2v) is 4.41. The molecule has 0 aliphatic heterocycles. The van der Waals surface area contributed by atoms with E-state index in [9.17, 15) is 4.79 Å². The third kappa shape index (κ3) is 2.55. The quantitative estimate of drug-likeness (QED) is 0.593. The van der Waals surface area contributed by atoms with Crippen LogP contribution in [0, 0.1) is 6.92 Å². The SMILES string of the molecule is Cc1cc(C(=O)CBr)cc(Cl)c1Br. The van der Waals surface area contributed by atoms with E-state index >= 15 is 0 Å². The number of aryl methyl sites for hydroxylation is 1. The van der Waals surface area contributed by atoms with Crippen molar-refractivity contribution in [3.63, 3.8) is 0 Å². The lowest BCUT2D eigenvalue weighted by molar-refractivity contribution is 0.102. The number of carbonyl (C=O) groups excluding carboxylic acids is 1. The van der Waals surface area contributed by atoms with Gasteiger partial charge in [-0.15, -0.1) is 0 Å². The Morgan fingerprint density at radius 2 is 2.15 bits per heavy atom. The molecule has 1 nitrogen and oxygen atoms in total. The normalized spacial score (nSPS) is 10.2. The van der Waals surface area contributed by atoms with Gasteiger partial charge >= 0.3 is 0 Å². The Kier molecular flexibility index (Phi) is 3.95. The molecule has 0 aliphatic rings. The average molecular weight is 326 g/mol. The molecule has 1 aromatic carbocycles. The third-order valence-corrected chi connectivity index (χ3v) is 3.74. The molecule has 0 saturated heterocycles. The van der Waals surface area contributed by atoms with E-state index in [4.69, 9.17) is 11.6 Å². The predicted octanol–water partition coefficient (Wildman–Crippen LogP) is 3.99. The van der Waals surface area contributed by atoms with Gasteiger partial charge in [-0.1, -0.05) is 27.5 Å². The van der Waals surface area contributed by atoms with E-state index < -0.39 is 0 Å². The van der Waals surface area contributed by atoms with Crippen LogP contribution >= 0.6 is 43.5 Å². The molecule has 70 valence electrons. The molecule has 13 heavy (non-hydrogen) atoms. The van der Waals surface area contributed by atoms with Gasteiger partial charge in [-0.05, 0) is 40.5 Å². The molecular weight excluding hydrogens is 319 g/mol. The van der Waals surface area contributed by atoms with Crippen molar-refractivity contribution in [2.45, 2.75) is 6.92 Å². The van der Waals surface area contributed by atoms with Gasteiger partial charge in [0.15, 0.2) is 5.78 Å². The Balaban J connectivity index is 3.20. The van der Waals surface area contributed by atoms with Crippen molar-refractivity contribution in [2.24, 2.45) is 0 Å². The molecule has 0 N–H and O–H groups in total. The molecule has 0 unspecified atom stereocenters. The van der Waals surface area contributed by atoms with Gasteiger partial charge in [-0.2, -0.15) is 0 Å².